The van der Waals surface area contributed by atoms with Gasteiger partial charge in [0.2, 0.25) is 0 Å². The van der Waals surface area contributed by atoms with Crippen molar-refractivity contribution in [1.82, 2.24) is 0 Å². The summed E-state index contributed by atoms with van der Waals surface area (Å²) in [6, 6.07) is 17.0. The number of hydrogen-bond donors (Lipinski definition) is 0. The van der Waals surface area contributed by atoms with Crippen molar-refractivity contribution < 1.29 is 4.74 Å². The van der Waals surface area contributed by atoms with Gasteiger partial charge in [0, 0.05) is 0 Å². The van der Waals surface area contributed by atoms with E-state index < -0.39 is 0 Å². The highest BCUT2D eigenvalue weighted by atomic mass is 16.5. The lowest BCUT2D eigenvalue weighted by Gasteiger charge is -2.08. The van der Waals surface area contributed by atoms with Crippen LogP contribution in [0.15, 0.2) is 48.5 Å². The second-order valence-corrected chi connectivity index (χ2v) is 5.38. The van der Waals surface area contributed by atoms with Crippen molar-refractivity contribution >= 4 is 0 Å². The molecule has 0 saturated carbocycles. The Hall–Kier alpha value is -1.76. The molecule has 0 aromatic heterocycles. The van der Waals surface area contributed by atoms with E-state index in [-0.39, 0.29) is 0 Å². The molecule has 0 heterocycles. The minimum atomic E-state index is 0.634. The van der Waals surface area contributed by atoms with E-state index in [4.69, 9.17) is 4.74 Å². The molecule has 2 aromatic rings. The maximum absolute atomic E-state index is 5.81. The Morgan fingerprint density at radius 2 is 1.45 bits per heavy atom. The predicted octanol–water partition coefficient (Wildman–Crippen LogP) is 5.31. The summed E-state index contributed by atoms with van der Waals surface area (Å²) in [5.41, 5.74) is 3.90. The normalized spacial score (nSPS) is 10.5. The van der Waals surface area contributed by atoms with Crippen LogP contribution in [0.5, 0.6) is 5.75 Å². The largest absolute Gasteiger partial charge is 0.489 e. The molecule has 0 fully saturated rings. The molecule has 2 rings (SSSR count). The zero-order valence-corrected chi connectivity index (χ0v) is 12.6. The first-order valence-corrected chi connectivity index (χ1v) is 7.55. The molecule has 1 nitrogen and oxygen atoms in total. The van der Waals surface area contributed by atoms with Crippen LogP contribution in [0, 0.1) is 6.92 Å². The van der Waals surface area contributed by atoms with Gasteiger partial charge in [-0.2, -0.15) is 0 Å². The van der Waals surface area contributed by atoms with Crippen molar-refractivity contribution in [2.75, 3.05) is 0 Å². The lowest BCUT2D eigenvalue weighted by Crippen LogP contribution is -1.95. The quantitative estimate of drug-likeness (QED) is 0.619. The Morgan fingerprint density at radius 1 is 0.800 bits per heavy atom. The van der Waals surface area contributed by atoms with E-state index in [1.54, 1.807) is 0 Å². The number of aryl methyl sites for hydroxylation is 2. The maximum atomic E-state index is 5.81. The van der Waals surface area contributed by atoms with Crippen LogP contribution >= 0.6 is 0 Å². The average molecular weight is 268 g/mol. The summed E-state index contributed by atoms with van der Waals surface area (Å²) in [7, 11) is 0. The molecule has 1 heteroatoms. The fourth-order valence-electron chi connectivity index (χ4n) is 2.18. The molecule has 0 amide bonds. The van der Waals surface area contributed by atoms with Gasteiger partial charge in [-0.05, 0) is 43.0 Å². The van der Waals surface area contributed by atoms with Crippen molar-refractivity contribution in [3.8, 4) is 5.75 Å². The predicted molar refractivity (Wildman–Crippen MR) is 85.2 cm³/mol. The Labute approximate surface area is 122 Å². The van der Waals surface area contributed by atoms with Gasteiger partial charge in [-0.3, -0.25) is 0 Å². The highest BCUT2D eigenvalue weighted by molar-refractivity contribution is 5.28. The molecular weight excluding hydrogens is 244 g/mol. The van der Waals surface area contributed by atoms with Gasteiger partial charge in [-0.25, -0.2) is 0 Å². The topological polar surface area (TPSA) is 9.23 Å². The lowest BCUT2D eigenvalue weighted by molar-refractivity contribution is 0.306. The van der Waals surface area contributed by atoms with Gasteiger partial charge in [0.05, 0.1) is 0 Å². The van der Waals surface area contributed by atoms with Crippen LogP contribution in [-0.2, 0) is 13.0 Å². The Balaban J connectivity index is 1.82. The molecule has 0 aliphatic heterocycles. The first-order valence-electron chi connectivity index (χ1n) is 7.55. The van der Waals surface area contributed by atoms with Gasteiger partial charge in [-0.1, -0.05) is 61.7 Å². The van der Waals surface area contributed by atoms with Crippen LogP contribution in [0.25, 0.3) is 0 Å². The van der Waals surface area contributed by atoms with Crippen molar-refractivity contribution in [2.24, 2.45) is 0 Å². The summed E-state index contributed by atoms with van der Waals surface area (Å²) in [6.07, 6.45) is 5.04. The summed E-state index contributed by atoms with van der Waals surface area (Å²) in [5.74, 6) is 0.949. The first kappa shape index (κ1) is 14.6. The first-order chi connectivity index (χ1) is 9.78. The van der Waals surface area contributed by atoms with E-state index in [0.29, 0.717) is 6.61 Å². The van der Waals surface area contributed by atoms with Gasteiger partial charge < -0.3 is 4.74 Å². The van der Waals surface area contributed by atoms with Crippen molar-refractivity contribution in [3.63, 3.8) is 0 Å². The van der Waals surface area contributed by atoms with Crippen LogP contribution in [0.2, 0.25) is 0 Å². The van der Waals surface area contributed by atoms with Crippen molar-refractivity contribution in [3.05, 3.63) is 65.2 Å². The molecule has 2 aromatic carbocycles. The van der Waals surface area contributed by atoms with Gasteiger partial charge in [0.25, 0.3) is 0 Å². The third-order valence-corrected chi connectivity index (χ3v) is 3.52. The molecular formula is C19H24O. The van der Waals surface area contributed by atoms with Crippen LogP contribution in [0.3, 0.4) is 0 Å². The Bertz CT molecular complexity index is 496. The summed E-state index contributed by atoms with van der Waals surface area (Å²) >= 11 is 0. The van der Waals surface area contributed by atoms with Gasteiger partial charge in [0.15, 0.2) is 0 Å². The molecule has 0 radical (unpaired) electrons. The number of benzene rings is 2. The molecule has 106 valence electrons. The van der Waals surface area contributed by atoms with Crippen molar-refractivity contribution in [2.45, 2.75) is 46.1 Å². The van der Waals surface area contributed by atoms with E-state index in [9.17, 15) is 0 Å². The number of rotatable bonds is 7. The zero-order chi connectivity index (χ0) is 14.2. The minimum Gasteiger partial charge on any atom is -0.489 e. The summed E-state index contributed by atoms with van der Waals surface area (Å²) in [5, 5.41) is 0. The van der Waals surface area contributed by atoms with Crippen LogP contribution in [-0.4, -0.2) is 0 Å². The van der Waals surface area contributed by atoms with E-state index in [1.165, 1.54) is 42.4 Å². The second-order valence-electron chi connectivity index (χ2n) is 5.38. The number of ether oxygens (including phenoxy) is 1. The van der Waals surface area contributed by atoms with E-state index in [2.05, 4.69) is 62.4 Å². The monoisotopic (exact) mass is 268 g/mol. The average Bonchev–Trinajstić information content (AvgIpc) is 2.48. The molecule has 0 saturated heterocycles. The fraction of sp³-hybridized carbons (Fsp3) is 0.368. The summed E-state index contributed by atoms with van der Waals surface area (Å²) in [4.78, 5) is 0. The number of unbranched alkanes of at least 4 members (excludes halogenated alkanes) is 2. The highest BCUT2D eigenvalue weighted by Crippen LogP contribution is 2.16. The standard InChI is InChI=1S/C19H24O/c1-3-4-5-6-17-11-13-19(14-12-17)20-15-18-9-7-16(2)8-10-18/h7-14H,3-6,15H2,1-2H3. The molecule has 0 bridgehead atoms. The van der Waals surface area contributed by atoms with Gasteiger partial charge >= 0.3 is 0 Å². The molecule has 0 aliphatic carbocycles. The summed E-state index contributed by atoms with van der Waals surface area (Å²) in [6.45, 7) is 4.97. The highest BCUT2D eigenvalue weighted by Gasteiger charge is 1.98. The zero-order valence-electron chi connectivity index (χ0n) is 12.6. The molecule has 0 aliphatic rings. The third-order valence-electron chi connectivity index (χ3n) is 3.52. The van der Waals surface area contributed by atoms with Gasteiger partial charge in [0.1, 0.15) is 12.4 Å². The molecule has 0 spiro atoms. The molecule has 0 atom stereocenters. The third kappa shape index (κ3) is 4.73. The fourth-order valence-corrected chi connectivity index (χ4v) is 2.18. The SMILES string of the molecule is CCCCCc1ccc(OCc2ccc(C)cc2)cc1. The number of hydrogen-bond acceptors (Lipinski definition) is 1. The van der Waals surface area contributed by atoms with Gasteiger partial charge in [-0.15, -0.1) is 0 Å². The molecule has 0 N–H and O–H groups in total. The minimum absolute atomic E-state index is 0.634. The van der Waals surface area contributed by atoms with Crippen molar-refractivity contribution in [1.29, 1.82) is 0 Å². The Kier molecular flexibility index (Phi) is 5.67. The van der Waals surface area contributed by atoms with E-state index >= 15 is 0 Å². The Morgan fingerprint density at radius 3 is 2.10 bits per heavy atom. The molecule has 20 heavy (non-hydrogen) atoms. The lowest BCUT2D eigenvalue weighted by atomic mass is 10.1. The van der Waals surface area contributed by atoms with Crippen LogP contribution in [0.4, 0.5) is 0 Å². The maximum Gasteiger partial charge on any atom is 0.119 e. The van der Waals surface area contributed by atoms with Crippen LogP contribution < -0.4 is 4.74 Å². The summed E-state index contributed by atoms with van der Waals surface area (Å²) < 4.78 is 5.81. The smallest absolute Gasteiger partial charge is 0.119 e. The molecule has 0 unspecified atom stereocenters. The van der Waals surface area contributed by atoms with Crippen LogP contribution in [0.1, 0.15) is 42.9 Å². The van der Waals surface area contributed by atoms with E-state index in [1.807, 2.05) is 0 Å². The van der Waals surface area contributed by atoms with E-state index in [0.717, 1.165) is 5.75 Å². The second kappa shape index (κ2) is 7.74.